The highest BCUT2D eigenvalue weighted by molar-refractivity contribution is 7.90. The highest BCUT2D eigenvalue weighted by atomic mass is 32.2. The van der Waals surface area contributed by atoms with Crippen molar-refractivity contribution >= 4 is 15.7 Å². The number of carbonyl (C=O) groups excluding carboxylic acids is 1. The molecule has 2 rings (SSSR count). The summed E-state index contributed by atoms with van der Waals surface area (Å²) in [5.74, 6) is 0.679. The summed E-state index contributed by atoms with van der Waals surface area (Å²) < 4.78 is 22.8. The molecule has 1 heterocycles. The van der Waals surface area contributed by atoms with E-state index in [0.717, 1.165) is 38.2 Å². The van der Waals surface area contributed by atoms with Crippen LogP contribution in [0.4, 0.5) is 0 Å². The number of hydrogen-bond donors (Lipinski definition) is 1. The second kappa shape index (κ2) is 7.93. The molecule has 1 amide bonds. The molecule has 6 heteroatoms. The second-order valence-electron chi connectivity index (χ2n) is 6.43. The van der Waals surface area contributed by atoms with Gasteiger partial charge in [0.1, 0.15) is 0 Å². The van der Waals surface area contributed by atoms with Crippen molar-refractivity contribution in [2.45, 2.75) is 31.1 Å². The Morgan fingerprint density at radius 3 is 2.39 bits per heavy atom. The number of rotatable bonds is 6. The Kier molecular flexibility index (Phi) is 6.18. The van der Waals surface area contributed by atoms with Gasteiger partial charge in [0.25, 0.3) is 5.91 Å². The van der Waals surface area contributed by atoms with Crippen molar-refractivity contribution in [1.82, 2.24) is 10.2 Å². The highest BCUT2D eigenvalue weighted by Crippen LogP contribution is 2.15. The molecular weight excluding hydrogens is 312 g/mol. The molecule has 1 aromatic carbocycles. The van der Waals surface area contributed by atoms with E-state index < -0.39 is 9.84 Å². The number of likely N-dealkylation sites (tertiary alicyclic amines) is 1. The number of hydrogen-bond acceptors (Lipinski definition) is 4. The first-order valence-electron chi connectivity index (χ1n) is 8.17. The van der Waals surface area contributed by atoms with Crippen LogP contribution in [-0.4, -0.2) is 51.7 Å². The van der Waals surface area contributed by atoms with E-state index in [9.17, 15) is 13.2 Å². The van der Waals surface area contributed by atoms with Crippen molar-refractivity contribution in [3.8, 4) is 0 Å². The number of sulfone groups is 1. The molecule has 1 fully saturated rings. The van der Waals surface area contributed by atoms with Crippen molar-refractivity contribution in [3.63, 3.8) is 0 Å². The fourth-order valence-corrected chi connectivity index (χ4v) is 3.38. The molecule has 0 radical (unpaired) electrons. The summed E-state index contributed by atoms with van der Waals surface area (Å²) in [6.07, 6.45) is 4.61. The zero-order chi connectivity index (χ0) is 16.9. The molecule has 0 bridgehead atoms. The Morgan fingerprint density at radius 1 is 1.22 bits per heavy atom. The zero-order valence-electron chi connectivity index (χ0n) is 13.9. The molecule has 1 aromatic rings. The van der Waals surface area contributed by atoms with Crippen LogP contribution in [-0.2, 0) is 9.84 Å². The van der Waals surface area contributed by atoms with Crippen LogP contribution in [0.1, 0.15) is 36.5 Å². The van der Waals surface area contributed by atoms with Gasteiger partial charge in [-0.25, -0.2) is 8.42 Å². The normalized spacial score (nSPS) is 17.1. The maximum absolute atomic E-state index is 12.0. The lowest BCUT2D eigenvalue weighted by atomic mass is 9.99. The lowest BCUT2D eigenvalue weighted by molar-refractivity contribution is 0.0950. The quantitative estimate of drug-likeness (QED) is 0.805. The van der Waals surface area contributed by atoms with Crippen LogP contribution in [0.3, 0.4) is 0 Å². The summed E-state index contributed by atoms with van der Waals surface area (Å²) in [6.45, 7) is 6.26. The minimum atomic E-state index is -3.22. The van der Waals surface area contributed by atoms with Gasteiger partial charge in [-0.2, -0.15) is 0 Å². The molecule has 0 saturated carbocycles. The monoisotopic (exact) mass is 338 g/mol. The average Bonchev–Trinajstić information content (AvgIpc) is 2.52. The third kappa shape index (κ3) is 5.62. The maximum Gasteiger partial charge on any atom is 0.251 e. The van der Waals surface area contributed by atoms with Crippen molar-refractivity contribution < 1.29 is 13.2 Å². The molecule has 23 heavy (non-hydrogen) atoms. The molecule has 0 unspecified atom stereocenters. The van der Waals surface area contributed by atoms with Gasteiger partial charge < -0.3 is 10.2 Å². The van der Waals surface area contributed by atoms with Gasteiger partial charge in [-0.15, -0.1) is 0 Å². The summed E-state index contributed by atoms with van der Waals surface area (Å²) >= 11 is 0. The summed E-state index contributed by atoms with van der Waals surface area (Å²) in [5, 5.41) is 2.89. The van der Waals surface area contributed by atoms with Gasteiger partial charge in [0, 0.05) is 18.4 Å². The number of piperidine rings is 1. The first-order valence-corrected chi connectivity index (χ1v) is 10.1. The Bertz CT molecular complexity index is 618. The minimum absolute atomic E-state index is 0.155. The molecule has 1 N–H and O–H groups in total. The number of amides is 1. The lowest BCUT2D eigenvalue weighted by Gasteiger charge is -2.30. The van der Waals surface area contributed by atoms with Crippen LogP contribution in [0.15, 0.2) is 29.2 Å². The van der Waals surface area contributed by atoms with Gasteiger partial charge in [0.15, 0.2) is 9.84 Å². The Hall–Kier alpha value is -1.40. The molecule has 1 aliphatic rings. The molecule has 0 aliphatic carbocycles. The van der Waals surface area contributed by atoms with E-state index in [-0.39, 0.29) is 10.8 Å². The fraction of sp³-hybridized carbons (Fsp3) is 0.588. The van der Waals surface area contributed by atoms with E-state index in [4.69, 9.17) is 0 Å². The van der Waals surface area contributed by atoms with Crippen molar-refractivity contribution in [2.75, 3.05) is 32.4 Å². The van der Waals surface area contributed by atoms with Gasteiger partial charge in [-0.1, -0.05) is 6.92 Å². The highest BCUT2D eigenvalue weighted by Gasteiger charge is 2.15. The van der Waals surface area contributed by atoms with Gasteiger partial charge in [0.05, 0.1) is 4.90 Å². The number of nitrogens with zero attached hydrogens (tertiary/aromatic N) is 1. The van der Waals surface area contributed by atoms with Crippen LogP contribution in [0.5, 0.6) is 0 Å². The fourth-order valence-electron chi connectivity index (χ4n) is 2.75. The van der Waals surface area contributed by atoms with E-state index in [2.05, 4.69) is 17.1 Å². The van der Waals surface area contributed by atoms with Crippen LogP contribution >= 0.6 is 0 Å². The molecular formula is C17H26N2O3S. The third-order valence-corrected chi connectivity index (χ3v) is 5.49. The van der Waals surface area contributed by atoms with E-state index in [0.29, 0.717) is 12.1 Å². The standard InChI is InChI=1S/C17H26N2O3S/c1-14-8-12-19(13-9-14)11-3-10-18-17(20)15-4-6-16(7-5-15)23(2,21)22/h4-7,14H,3,8-13H2,1-2H3,(H,18,20). The number of benzene rings is 1. The van der Waals surface area contributed by atoms with Crippen molar-refractivity contribution in [1.29, 1.82) is 0 Å². The topological polar surface area (TPSA) is 66.5 Å². The molecule has 5 nitrogen and oxygen atoms in total. The molecule has 128 valence electrons. The SMILES string of the molecule is CC1CCN(CCCNC(=O)c2ccc(S(C)(=O)=O)cc2)CC1. The smallest absolute Gasteiger partial charge is 0.251 e. The first kappa shape index (κ1) is 17.9. The lowest BCUT2D eigenvalue weighted by Crippen LogP contribution is -2.35. The Morgan fingerprint density at radius 2 is 1.83 bits per heavy atom. The van der Waals surface area contributed by atoms with E-state index in [1.54, 1.807) is 12.1 Å². The van der Waals surface area contributed by atoms with E-state index in [1.165, 1.54) is 25.0 Å². The van der Waals surface area contributed by atoms with E-state index >= 15 is 0 Å². The largest absolute Gasteiger partial charge is 0.352 e. The summed E-state index contributed by atoms with van der Waals surface area (Å²) in [7, 11) is -3.22. The van der Waals surface area contributed by atoms with Gasteiger partial charge >= 0.3 is 0 Å². The second-order valence-corrected chi connectivity index (χ2v) is 8.45. The molecule has 0 atom stereocenters. The first-order chi connectivity index (χ1) is 10.9. The minimum Gasteiger partial charge on any atom is -0.352 e. The summed E-state index contributed by atoms with van der Waals surface area (Å²) in [6, 6.07) is 6.05. The van der Waals surface area contributed by atoms with Crippen LogP contribution in [0.2, 0.25) is 0 Å². The molecule has 1 saturated heterocycles. The Balaban J connectivity index is 1.72. The van der Waals surface area contributed by atoms with E-state index in [1.807, 2.05) is 0 Å². The maximum atomic E-state index is 12.0. The zero-order valence-corrected chi connectivity index (χ0v) is 14.7. The van der Waals surface area contributed by atoms with Crippen molar-refractivity contribution in [2.24, 2.45) is 5.92 Å². The molecule has 1 aliphatic heterocycles. The average molecular weight is 338 g/mol. The van der Waals surface area contributed by atoms with Gasteiger partial charge in [-0.05, 0) is 69.1 Å². The molecule has 0 aromatic heterocycles. The predicted molar refractivity (Wildman–Crippen MR) is 91.3 cm³/mol. The van der Waals surface area contributed by atoms with Crippen molar-refractivity contribution in [3.05, 3.63) is 29.8 Å². The molecule has 0 spiro atoms. The van der Waals surface area contributed by atoms with Gasteiger partial charge in [0.2, 0.25) is 0 Å². The number of carbonyl (C=O) groups is 1. The third-order valence-electron chi connectivity index (χ3n) is 4.36. The Labute approximate surface area is 139 Å². The van der Waals surface area contributed by atoms with Gasteiger partial charge in [-0.3, -0.25) is 4.79 Å². The van der Waals surface area contributed by atoms with Crippen LogP contribution in [0, 0.1) is 5.92 Å². The van der Waals surface area contributed by atoms with Crippen LogP contribution in [0.25, 0.3) is 0 Å². The summed E-state index contributed by atoms with van der Waals surface area (Å²) in [5.41, 5.74) is 0.490. The summed E-state index contributed by atoms with van der Waals surface area (Å²) in [4.78, 5) is 14.7. The number of nitrogens with one attached hydrogen (secondary N) is 1. The van der Waals surface area contributed by atoms with Crippen LogP contribution < -0.4 is 5.32 Å². The predicted octanol–water partition coefficient (Wildman–Crippen LogP) is 1.94.